The number of rotatable bonds is 2. The van der Waals surface area contributed by atoms with E-state index in [1.807, 2.05) is 5.48 Å². The van der Waals surface area contributed by atoms with Crippen molar-refractivity contribution in [3.05, 3.63) is 25.0 Å². The van der Waals surface area contributed by atoms with E-state index < -0.39 is 0 Å². The van der Waals surface area contributed by atoms with Gasteiger partial charge in [0.15, 0.2) is 0 Å². The minimum absolute atomic E-state index is 0.409. The van der Waals surface area contributed by atoms with Gasteiger partial charge in [0.25, 0.3) is 0 Å². The molecule has 6 heteroatoms. The first-order chi connectivity index (χ1) is 6.06. The van der Waals surface area contributed by atoms with Gasteiger partial charge in [-0.3, -0.25) is 10.7 Å². The lowest BCUT2D eigenvalue weighted by molar-refractivity contribution is 0.202. The Balaban J connectivity index is 3.14. The van der Waals surface area contributed by atoms with Crippen molar-refractivity contribution in [2.75, 3.05) is 0 Å². The van der Waals surface area contributed by atoms with Gasteiger partial charge in [-0.2, -0.15) is 0 Å². The predicted octanol–water partition coefficient (Wildman–Crippen LogP) is 4.05. The lowest BCUT2D eigenvalue weighted by Crippen LogP contribution is -2.01. The van der Waals surface area contributed by atoms with Crippen LogP contribution in [0.5, 0.6) is 0 Å². The molecule has 13 heavy (non-hydrogen) atoms. The first-order valence-corrected chi connectivity index (χ1v) is 5.23. The molecule has 0 radical (unpaired) electrons. The quantitative estimate of drug-likeness (QED) is 0.785. The Labute approximate surface area is 94.7 Å². The lowest BCUT2D eigenvalue weighted by atomic mass is 10.3. The second-order valence-corrected chi connectivity index (χ2v) is 4.92. The fraction of sp³-hybridized carbons (Fsp3) is 0.143. The molecule has 0 aromatic carbocycles. The molecule has 0 fully saturated rings. The lowest BCUT2D eigenvalue weighted by Gasteiger charge is -1.97. The maximum atomic E-state index is 8.55. The monoisotopic (exact) mass is 257 g/mol. The summed E-state index contributed by atoms with van der Waals surface area (Å²) in [5, 5.41) is 8.96. The van der Waals surface area contributed by atoms with Crippen molar-refractivity contribution in [3.63, 3.8) is 0 Å². The van der Waals surface area contributed by atoms with Crippen molar-refractivity contribution in [1.82, 2.24) is 5.48 Å². The van der Waals surface area contributed by atoms with Gasteiger partial charge in [-0.15, -0.1) is 11.3 Å². The summed E-state index contributed by atoms with van der Waals surface area (Å²) >= 11 is 18.6. The van der Waals surface area contributed by atoms with Gasteiger partial charge >= 0.3 is 0 Å². The zero-order valence-electron chi connectivity index (χ0n) is 6.57. The van der Waals surface area contributed by atoms with Crippen molar-refractivity contribution in [2.24, 2.45) is 0 Å². The molecule has 2 N–H and O–H groups in total. The Hall–Kier alpha value is 0.0700. The molecule has 0 unspecified atom stereocenters. The Kier molecular flexibility index (Phi) is 3.88. The summed E-state index contributed by atoms with van der Waals surface area (Å²) in [7, 11) is 0. The van der Waals surface area contributed by atoms with Gasteiger partial charge in [-0.25, -0.2) is 0 Å². The number of thiophene rings is 1. The van der Waals surface area contributed by atoms with Crippen LogP contribution in [-0.2, 0) is 0 Å². The van der Waals surface area contributed by atoms with E-state index in [-0.39, 0.29) is 0 Å². The standard InChI is InChI=1S/C7H6Cl3NOS/c1-3(11-12)2-4-5(8)7(10)13-6(4)9/h2,11-12H,1H3/b3-2+. The predicted molar refractivity (Wildman–Crippen MR) is 57.9 cm³/mol. The van der Waals surface area contributed by atoms with Crippen LogP contribution in [0.15, 0.2) is 5.70 Å². The molecule has 0 amide bonds. The zero-order valence-corrected chi connectivity index (χ0v) is 9.65. The van der Waals surface area contributed by atoms with Crippen molar-refractivity contribution >= 4 is 52.2 Å². The van der Waals surface area contributed by atoms with Gasteiger partial charge in [0, 0.05) is 11.3 Å². The number of hydroxylamine groups is 1. The second-order valence-electron chi connectivity index (χ2n) is 2.32. The van der Waals surface area contributed by atoms with Crippen LogP contribution in [0.1, 0.15) is 12.5 Å². The number of nitrogens with one attached hydrogen (secondary N) is 1. The summed E-state index contributed by atoms with van der Waals surface area (Å²) in [4.78, 5) is 0. The average Bonchev–Trinajstić information content (AvgIpc) is 2.32. The molecule has 1 rings (SSSR count). The van der Waals surface area contributed by atoms with Gasteiger partial charge in [0.05, 0.1) is 5.02 Å². The van der Waals surface area contributed by atoms with E-state index >= 15 is 0 Å². The first-order valence-electron chi connectivity index (χ1n) is 3.28. The number of allylic oxidation sites excluding steroid dienone is 1. The highest BCUT2D eigenvalue weighted by Gasteiger charge is 2.11. The molecule has 2 nitrogen and oxygen atoms in total. The van der Waals surface area contributed by atoms with Crippen molar-refractivity contribution in [1.29, 1.82) is 0 Å². The van der Waals surface area contributed by atoms with E-state index in [0.717, 1.165) is 0 Å². The Morgan fingerprint density at radius 3 is 2.38 bits per heavy atom. The molecule has 0 aliphatic rings. The Morgan fingerprint density at radius 2 is 2.00 bits per heavy atom. The Bertz CT molecular complexity index is 348. The molecule has 1 aromatic heterocycles. The third kappa shape index (κ3) is 2.51. The molecule has 0 atom stereocenters. The summed E-state index contributed by atoms with van der Waals surface area (Å²) in [6.45, 7) is 1.68. The largest absolute Gasteiger partial charge is 0.291 e. The third-order valence-corrected chi connectivity index (χ3v) is 3.58. The summed E-state index contributed by atoms with van der Waals surface area (Å²) in [6.07, 6.45) is 1.62. The Morgan fingerprint density at radius 1 is 1.38 bits per heavy atom. The van der Waals surface area contributed by atoms with Crippen LogP contribution in [0.4, 0.5) is 0 Å². The van der Waals surface area contributed by atoms with Gasteiger partial charge in [-0.05, 0) is 13.0 Å². The fourth-order valence-corrected chi connectivity index (χ4v) is 2.57. The fourth-order valence-electron chi connectivity index (χ4n) is 0.739. The maximum Gasteiger partial charge on any atom is 0.114 e. The van der Waals surface area contributed by atoms with E-state index in [4.69, 9.17) is 40.0 Å². The molecule has 72 valence electrons. The van der Waals surface area contributed by atoms with Crippen LogP contribution in [-0.4, -0.2) is 5.21 Å². The molecule has 0 aliphatic heterocycles. The van der Waals surface area contributed by atoms with Crippen LogP contribution >= 0.6 is 46.1 Å². The number of hydrogen-bond acceptors (Lipinski definition) is 3. The van der Waals surface area contributed by atoms with E-state index in [9.17, 15) is 0 Å². The summed E-state index contributed by atoms with van der Waals surface area (Å²) in [6, 6.07) is 0. The maximum absolute atomic E-state index is 8.55. The first kappa shape index (κ1) is 11.1. The molecular formula is C7H6Cl3NOS. The summed E-state index contributed by atoms with van der Waals surface area (Å²) < 4.78 is 0.952. The number of halogens is 3. The molecule has 1 heterocycles. The molecule has 0 aliphatic carbocycles. The minimum Gasteiger partial charge on any atom is -0.291 e. The third-order valence-electron chi connectivity index (χ3n) is 1.34. The molecule has 0 saturated carbocycles. The highest BCUT2D eigenvalue weighted by Crippen LogP contribution is 2.40. The topological polar surface area (TPSA) is 32.3 Å². The highest BCUT2D eigenvalue weighted by molar-refractivity contribution is 7.20. The van der Waals surface area contributed by atoms with E-state index in [1.165, 1.54) is 11.3 Å². The van der Waals surface area contributed by atoms with Crippen LogP contribution in [0.25, 0.3) is 6.08 Å². The van der Waals surface area contributed by atoms with Crippen LogP contribution < -0.4 is 5.48 Å². The zero-order chi connectivity index (χ0) is 10.0. The average molecular weight is 259 g/mol. The smallest absolute Gasteiger partial charge is 0.114 e. The van der Waals surface area contributed by atoms with Crippen molar-refractivity contribution in [3.8, 4) is 0 Å². The van der Waals surface area contributed by atoms with Crippen LogP contribution in [0.2, 0.25) is 13.7 Å². The second kappa shape index (κ2) is 4.53. The molecule has 1 aromatic rings. The SMILES string of the molecule is C/C(=C\c1c(Cl)sc(Cl)c1Cl)NO. The molecule has 0 saturated heterocycles. The minimum atomic E-state index is 0.409. The molecular weight excluding hydrogens is 253 g/mol. The van der Waals surface area contributed by atoms with Crippen LogP contribution in [0, 0.1) is 0 Å². The van der Waals surface area contributed by atoms with Gasteiger partial charge in [0.1, 0.15) is 8.67 Å². The van der Waals surface area contributed by atoms with E-state index in [2.05, 4.69) is 0 Å². The van der Waals surface area contributed by atoms with E-state index in [1.54, 1.807) is 13.0 Å². The van der Waals surface area contributed by atoms with Gasteiger partial charge in [-0.1, -0.05) is 34.8 Å². The van der Waals surface area contributed by atoms with Crippen molar-refractivity contribution in [2.45, 2.75) is 6.92 Å². The van der Waals surface area contributed by atoms with E-state index in [0.29, 0.717) is 25.0 Å². The van der Waals surface area contributed by atoms with Gasteiger partial charge in [0.2, 0.25) is 0 Å². The van der Waals surface area contributed by atoms with Gasteiger partial charge < -0.3 is 0 Å². The molecule has 0 bridgehead atoms. The van der Waals surface area contributed by atoms with Crippen molar-refractivity contribution < 1.29 is 5.21 Å². The molecule has 0 spiro atoms. The highest BCUT2D eigenvalue weighted by atomic mass is 35.5. The normalized spacial score (nSPS) is 11.9. The van der Waals surface area contributed by atoms with Crippen LogP contribution in [0.3, 0.4) is 0 Å². The summed E-state index contributed by atoms with van der Waals surface area (Å²) in [5.74, 6) is 0. The summed E-state index contributed by atoms with van der Waals surface area (Å²) in [5.41, 5.74) is 3.15. The number of hydrogen-bond donors (Lipinski definition) is 2.